The van der Waals surface area contributed by atoms with Crippen LogP contribution in [0.2, 0.25) is 0 Å². The molecule has 0 aliphatic carbocycles. The number of rotatable bonds is 2. The molecule has 0 bridgehead atoms. The number of hydrogen-bond acceptors (Lipinski definition) is 6. The van der Waals surface area contributed by atoms with E-state index in [0.717, 1.165) is 22.4 Å². The Hall–Kier alpha value is -0.760. The summed E-state index contributed by atoms with van der Waals surface area (Å²) >= 11 is 4.93. The fourth-order valence-corrected chi connectivity index (χ4v) is 3.35. The molecule has 3 heterocycles. The van der Waals surface area contributed by atoms with Crippen LogP contribution in [0.15, 0.2) is 20.4 Å². The van der Waals surface area contributed by atoms with Gasteiger partial charge in [0.05, 0.1) is 4.88 Å². The molecule has 7 heteroatoms. The quantitative estimate of drug-likeness (QED) is 0.883. The van der Waals surface area contributed by atoms with Crippen LogP contribution in [-0.4, -0.2) is 28.3 Å². The molecule has 5 nitrogen and oxygen atoms in total. The van der Waals surface area contributed by atoms with Crippen LogP contribution in [0.1, 0.15) is 18.7 Å². The van der Waals surface area contributed by atoms with Crippen LogP contribution in [0.25, 0.3) is 10.7 Å². The van der Waals surface area contributed by atoms with Gasteiger partial charge in [-0.3, -0.25) is 0 Å². The minimum absolute atomic E-state index is 0.323. The zero-order valence-electron chi connectivity index (χ0n) is 9.52. The van der Waals surface area contributed by atoms with Gasteiger partial charge in [0, 0.05) is 9.85 Å². The number of nitrogens with zero attached hydrogens (tertiary/aromatic N) is 2. The van der Waals surface area contributed by atoms with Crippen LogP contribution in [0, 0.1) is 0 Å². The Labute approximate surface area is 116 Å². The molecular weight excluding hydrogens is 318 g/mol. The Kier molecular flexibility index (Phi) is 3.23. The molecule has 0 spiro atoms. The molecule has 1 fully saturated rings. The molecule has 2 N–H and O–H groups in total. The first-order valence-electron chi connectivity index (χ1n) is 5.69. The molecule has 2 aromatic heterocycles. The third-order valence-corrected chi connectivity index (χ3v) is 4.73. The van der Waals surface area contributed by atoms with Crippen molar-refractivity contribution < 1.29 is 9.63 Å². The number of hydrogen-bond donors (Lipinski definition) is 2. The first-order chi connectivity index (χ1) is 8.67. The summed E-state index contributed by atoms with van der Waals surface area (Å²) in [6, 6.07) is 1.94. The van der Waals surface area contributed by atoms with Crippen LogP contribution < -0.4 is 5.32 Å². The second-order valence-electron chi connectivity index (χ2n) is 4.33. The highest BCUT2D eigenvalue weighted by atomic mass is 79.9. The smallest absolute Gasteiger partial charge is 0.259 e. The normalized spacial score (nSPS) is 19.0. The molecule has 0 saturated carbocycles. The predicted molar refractivity (Wildman–Crippen MR) is 71.3 cm³/mol. The first kappa shape index (κ1) is 12.3. The van der Waals surface area contributed by atoms with Crippen LogP contribution in [0.5, 0.6) is 0 Å². The molecule has 0 atom stereocenters. The zero-order valence-corrected chi connectivity index (χ0v) is 11.9. The number of halogens is 1. The lowest BCUT2D eigenvalue weighted by Crippen LogP contribution is -2.39. The average Bonchev–Trinajstić information content (AvgIpc) is 2.98. The number of piperidine rings is 1. The van der Waals surface area contributed by atoms with Crippen molar-refractivity contribution in [3.05, 3.63) is 21.8 Å². The molecule has 0 radical (unpaired) electrons. The molecule has 1 aliphatic rings. The van der Waals surface area contributed by atoms with E-state index < -0.39 is 5.60 Å². The van der Waals surface area contributed by atoms with Crippen molar-refractivity contribution in [2.24, 2.45) is 0 Å². The van der Waals surface area contributed by atoms with Crippen molar-refractivity contribution in [1.29, 1.82) is 0 Å². The van der Waals surface area contributed by atoms with E-state index in [1.165, 1.54) is 11.3 Å². The van der Waals surface area contributed by atoms with Gasteiger partial charge in [0.2, 0.25) is 5.82 Å². The molecule has 2 aromatic rings. The van der Waals surface area contributed by atoms with E-state index in [2.05, 4.69) is 31.4 Å². The lowest BCUT2D eigenvalue weighted by Gasteiger charge is -2.28. The average molecular weight is 330 g/mol. The van der Waals surface area contributed by atoms with Gasteiger partial charge in [0.25, 0.3) is 5.89 Å². The Morgan fingerprint density at radius 1 is 1.44 bits per heavy atom. The van der Waals surface area contributed by atoms with Gasteiger partial charge in [0.15, 0.2) is 0 Å². The fraction of sp³-hybridized carbons (Fsp3) is 0.455. The van der Waals surface area contributed by atoms with E-state index >= 15 is 0 Å². The topological polar surface area (TPSA) is 71.2 Å². The first-order valence-corrected chi connectivity index (χ1v) is 7.36. The highest BCUT2D eigenvalue weighted by Crippen LogP contribution is 2.32. The van der Waals surface area contributed by atoms with E-state index in [1.807, 2.05) is 11.4 Å². The van der Waals surface area contributed by atoms with Crippen LogP contribution in [0.4, 0.5) is 0 Å². The van der Waals surface area contributed by atoms with Crippen molar-refractivity contribution in [3.63, 3.8) is 0 Å². The molecule has 0 unspecified atom stereocenters. The summed E-state index contributed by atoms with van der Waals surface area (Å²) in [5, 5.41) is 19.6. The Morgan fingerprint density at radius 2 is 2.22 bits per heavy atom. The van der Waals surface area contributed by atoms with Gasteiger partial charge in [-0.1, -0.05) is 5.16 Å². The highest BCUT2D eigenvalue weighted by Gasteiger charge is 2.37. The maximum Gasteiger partial charge on any atom is 0.259 e. The molecule has 0 amide bonds. The number of nitrogens with one attached hydrogen (secondary N) is 1. The third-order valence-electron chi connectivity index (χ3n) is 3.04. The van der Waals surface area contributed by atoms with Gasteiger partial charge < -0.3 is 14.9 Å². The van der Waals surface area contributed by atoms with E-state index in [-0.39, 0.29) is 0 Å². The van der Waals surface area contributed by atoms with E-state index in [9.17, 15) is 5.11 Å². The summed E-state index contributed by atoms with van der Waals surface area (Å²) in [6.45, 7) is 1.53. The summed E-state index contributed by atoms with van der Waals surface area (Å²) in [5.74, 6) is 0.858. The Bertz CT molecular complexity index is 548. The number of aliphatic hydroxyl groups is 1. The summed E-state index contributed by atoms with van der Waals surface area (Å²) in [4.78, 5) is 5.25. The summed E-state index contributed by atoms with van der Waals surface area (Å²) in [7, 11) is 0. The highest BCUT2D eigenvalue weighted by molar-refractivity contribution is 9.10. The van der Waals surface area contributed by atoms with E-state index in [0.29, 0.717) is 24.6 Å². The molecular formula is C11H12BrN3O2S. The number of thiophene rings is 1. The summed E-state index contributed by atoms with van der Waals surface area (Å²) < 4.78 is 6.22. The van der Waals surface area contributed by atoms with E-state index in [4.69, 9.17) is 4.52 Å². The molecule has 96 valence electrons. The fourth-order valence-electron chi connectivity index (χ4n) is 2.00. The van der Waals surface area contributed by atoms with Gasteiger partial charge >= 0.3 is 0 Å². The molecule has 0 aromatic carbocycles. The summed E-state index contributed by atoms with van der Waals surface area (Å²) in [5.41, 5.74) is -0.981. The second-order valence-corrected chi connectivity index (χ2v) is 6.16. The monoisotopic (exact) mass is 329 g/mol. The maximum absolute atomic E-state index is 10.5. The van der Waals surface area contributed by atoms with Gasteiger partial charge in [-0.2, -0.15) is 4.98 Å². The SMILES string of the molecule is OC1(c2nc(-c3cc(Br)cs3)no2)CCNCC1. The predicted octanol–water partition coefficient (Wildman–Crippen LogP) is 2.13. The van der Waals surface area contributed by atoms with Gasteiger partial charge in [0.1, 0.15) is 5.60 Å². The van der Waals surface area contributed by atoms with Crippen molar-refractivity contribution in [2.45, 2.75) is 18.4 Å². The van der Waals surface area contributed by atoms with Gasteiger partial charge in [-0.25, -0.2) is 0 Å². The minimum Gasteiger partial charge on any atom is -0.380 e. The third kappa shape index (κ3) is 2.23. The minimum atomic E-state index is -0.981. The lowest BCUT2D eigenvalue weighted by molar-refractivity contribution is -0.0228. The van der Waals surface area contributed by atoms with Crippen molar-refractivity contribution in [1.82, 2.24) is 15.5 Å². The zero-order chi connectivity index (χ0) is 12.6. The maximum atomic E-state index is 10.5. The van der Waals surface area contributed by atoms with E-state index in [1.54, 1.807) is 0 Å². The molecule has 18 heavy (non-hydrogen) atoms. The summed E-state index contributed by atoms with van der Waals surface area (Å²) in [6.07, 6.45) is 1.20. The lowest BCUT2D eigenvalue weighted by atomic mass is 9.92. The standard InChI is InChI=1S/C11H12BrN3O2S/c12-7-5-8(18-6-7)9-14-10(17-15-9)11(16)1-3-13-4-2-11/h5-6,13,16H,1-4H2. The largest absolute Gasteiger partial charge is 0.380 e. The molecule has 3 rings (SSSR count). The van der Waals surface area contributed by atoms with Gasteiger partial charge in [-0.15, -0.1) is 11.3 Å². The van der Waals surface area contributed by atoms with Crippen molar-refractivity contribution in [2.75, 3.05) is 13.1 Å². The Morgan fingerprint density at radius 3 is 2.89 bits per heavy atom. The van der Waals surface area contributed by atoms with Crippen LogP contribution >= 0.6 is 27.3 Å². The van der Waals surface area contributed by atoms with Crippen molar-refractivity contribution in [3.8, 4) is 10.7 Å². The number of aromatic nitrogens is 2. The van der Waals surface area contributed by atoms with Crippen LogP contribution in [0.3, 0.4) is 0 Å². The second kappa shape index (κ2) is 4.73. The van der Waals surface area contributed by atoms with Crippen molar-refractivity contribution >= 4 is 27.3 Å². The molecule has 1 aliphatic heterocycles. The molecule has 1 saturated heterocycles. The van der Waals surface area contributed by atoms with Gasteiger partial charge in [-0.05, 0) is 47.9 Å². The van der Waals surface area contributed by atoms with Crippen LogP contribution in [-0.2, 0) is 5.60 Å². The Balaban J connectivity index is 1.89.